The normalized spacial score (nSPS) is 12.4. The lowest BCUT2D eigenvalue weighted by molar-refractivity contribution is -0.908. The molecule has 1 N–H and O–H groups in total. The summed E-state index contributed by atoms with van der Waals surface area (Å²) in [5.74, 6) is -1.23. The smallest absolute Gasteiger partial charge is 0.137 e. The Morgan fingerprint density at radius 1 is 1.14 bits per heavy atom. The van der Waals surface area contributed by atoms with Gasteiger partial charge in [-0.2, -0.15) is 0 Å². The van der Waals surface area contributed by atoms with Crippen LogP contribution < -0.4 is 10.0 Å². The van der Waals surface area contributed by atoms with Gasteiger partial charge in [-0.1, -0.05) is 36.4 Å². The molecule has 1 unspecified atom stereocenters. The number of rotatable bonds is 5. The number of aromatic nitrogens is 2. The van der Waals surface area contributed by atoms with Crippen LogP contribution in [0.25, 0.3) is 5.65 Å². The Morgan fingerprint density at radius 3 is 2.59 bits per heavy atom. The predicted octanol–water partition coefficient (Wildman–Crippen LogP) is -0.0873. The minimum Gasteiger partial charge on any atom is -0.543 e. The van der Waals surface area contributed by atoms with Gasteiger partial charge in [-0.25, -0.2) is 4.98 Å². The number of fused-ring (bicyclic) bond motifs is 1. The third-order valence-electron chi connectivity index (χ3n) is 3.64. The minimum atomic E-state index is -1.23. The predicted molar refractivity (Wildman–Crippen MR) is 80.3 cm³/mol. The van der Waals surface area contributed by atoms with E-state index in [4.69, 9.17) is 0 Å². The molecule has 0 fully saturated rings. The monoisotopic (exact) mass is 295 g/mol. The second-order valence-corrected chi connectivity index (χ2v) is 5.42. The third-order valence-corrected chi connectivity index (χ3v) is 3.64. The average Bonchev–Trinajstić information content (AvgIpc) is 2.87. The first-order chi connectivity index (χ1) is 10.6. The van der Waals surface area contributed by atoms with Gasteiger partial charge in [-0.05, 0) is 12.1 Å². The van der Waals surface area contributed by atoms with Crippen molar-refractivity contribution in [1.82, 2.24) is 9.38 Å². The standard InChI is InChI=1S/C17H17N3O2/c1-19(11-13-7-3-2-4-8-13)12-14-16(17(21)22)18-15-9-5-6-10-20(14)15/h2-10H,11-12H2,1H3,(H,21,22). The van der Waals surface area contributed by atoms with Crippen LogP contribution in [0.1, 0.15) is 21.7 Å². The fourth-order valence-electron chi connectivity index (χ4n) is 2.67. The molecule has 0 saturated heterocycles. The molecule has 0 aliphatic rings. The molecular formula is C17H17N3O2. The SMILES string of the molecule is C[NH+](Cc1ccccc1)Cc1c(C(=O)[O-])nc2ccccn12. The Hall–Kier alpha value is -2.66. The van der Waals surface area contributed by atoms with E-state index < -0.39 is 5.97 Å². The average molecular weight is 295 g/mol. The van der Waals surface area contributed by atoms with E-state index >= 15 is 0 Å². The van der Waals surface area contributed by atoms with Crippen molar-refractivity contribution < 1.29 is 14.8 Å². The number of quaternary nitrogens is 1. The maximum atomic E-state index is 11.3. The summed E-state index contributed by atoms with van der Waals surface area (Å²) in [6.45, 7) is 1.37. The van der Waals surface area contributed by atoms with Crippen LogP contribution in [0.5, 0.6) is 0 Å². The summed E-state index contributed by atoms with van der Waals surface area (Å²) >= 11 is 0. The van der Waals surface area contributed by atoms with E-state index in [9.17, 15) is 9.90 Å². The van der Waals surface area contributed by atoms with Gasteiger partial charge in [0.25, 0.3) is 0 Å². The molecule has 1 aromatic carbocycles. The first-order valence-electron chi connectivity index (χ1n) is 7.17. The van der Waals surface area contributed by atoms with Crippen LogP contribution in [-0.2, 0) is 13.1 Å². The number of benzene rings is 1. The zero-order chi connectivity index (χ0) is 15.5. The van der Waals surface area contributed by atoms with Crippen LogP contribution in [0.3, 0.4) is 0 Å². The summed E-state index contributed by atoms with van der Waals surface area (Å²) in [6, 6.07) is 15.6. The van der Waals surface area contributed by atoms with Crippen LogP contribution in [0, 0.1) is 0 Å². The van der Waals surface area contributed by atoms with Gasteiger partial charge in [0.05, 0.1) is 13.0 Å². The molecule has 2 aromatic heterocycles. The highest BCUT2D eigenvalue weighted by atomic mass is 16.4. The van der Waals surface area contributed by atoms with Crippen LogP contribution >= 0.6 is 0 Å². The lowest BCUT2D eigenvalue weighted by Crippen LogP contribution is -3.06. The van der Waals surface area contributed by atoms with Crippen molar-refractivity contribution in [3.8, 4) is 0 Å². The van der Waals surface area contributed by atoms with E-state index in [2.05, 4.69) is 17.1 Å². The Labute approximate surface area is 128 Å². The highest BCUT2D eigenvalue weighted by Gasteiger charge is 2.16. The van der Waals surface area contributed by atoms with Gasteiger partial charge in [-0.15, -0.1) is 0 Å². The molecule has 112 valence electrons. The van der Waals surface area contributed by atoms with Crippen molar-refractivity contribution >= 4 is 11.6 Å². The summed E-state index contributed by atoms with van der Waals surface area (Å²) in [6.07, 6.45) is 1.83. The van der Waals surface area contributed by atoms with E-state index in [1.54, 1.807) is 6.07 Å². The fourth-order valence-corrected chi connectivity index (χ4v) is 2.67. The van der Waals surface area contributed by atoms with Crippen LogP contribution in [0.2, 0.25) is 0 Å². The van der Waals surface area contributed by atoms with Crippen molar-refractivity contribution in [3.63, 3.8) is 0 Å². The van der Waals surface area contributed by atoms with Crippen molar-refractivity contribution in [2.75, 3.05) is 7.05 Å². The number of carboxylic acids is 1. The minimum absolute atomic E-state index is 0.0265. The van der Waals surface area contributed by atoms with Gasteiger partial charge in [-0.3, -0.25) is 4.40 Å². The summed E-state index contributed by atoms with van der Waals surface area (Å²) in [5, 5.41) is 11.3. The van der Waals surface area contributed by atoms with E-state index in [0.29, 0.717) is 17.9 Å². The van der Waals surface area contributed by atoms with Crippen molar-refractivity contribution in [3.05, 3.63) is 71.7 Å². The summed E-state index contributed by atoms with van der Waals surface area (Å²) < 4.78 is 1.82. The zero-order valence-corrected chi connectivity index (χ0v) is 12.3. The number of aromatic carboxylic acids is 1. The van der Waals surface area contributed by atoms with Crippen molar-refractivity contribution in [1.29, 1.82) is 0 Å². The topological polar surface area (TPSA) is 61.9 Å². The zero-order valence-electron chi connectivity index (χ0n) is 12.3. The highest BCUT2D eigenvalue weighted by molar-refractivity contribution is 5.86. The molecule has 3 aromatic rings. The van der Waals surface area contributed by atoms with Gasteiger partial charge < -0.3 is 14.8 Å². The van der Waals surface area contributed by atoms with Crippen molar-refractivity contribution in [2.45, 2.75) is 13.1 Å². The van der Waals surface area contributed by atoms with E-state index in [-0.39, 0.29) is 5.69 Å². The fraction of sp³-hybridized carbons (Fsp3) is 0.176. The first-order valence-corrected chi connectivity index (χ1v) is 7.17. The maximum absolute atomic E-state index is 11.3. The Bertz CT molecular complexity index is 796. The van der Waals surface area contributed by atoms with Crippen LogP contribution in [-0.4, -0.2) is 22.4 Å². The summed E-state index contributed by atoms with van der Waals surface area (Å²) in [4.78, 5) is 16.7. The van der Waals surface area contributed by atoms with E-state index in [1.807, 2.05) is 48.0 Å². The molecule has 0 saturated carbocycles. The molecule has 2 heterocycles. The Kier molecular flexibility index (Phi) is 3.89. The van der Waals surface area contributed by atoms with Crippen LogP contribution in [0.15, 0.2) is 54.7 Å². The van der Waals surface area contributed by atoms with Crippen molar-refractivity contribution in [2.24, 2.45) is 0 Å². The molecule has 0 aliphatic heterocycles. The quantitative estimate of drug-likeness (QED) is 0.716. The number of carbonyl (C=O) groups is 1. The molecular weight excluding hydrogens is 278 g/mol. The number of hydrogen-bond acceptors (Lipinski definition) is 3. The number of imidazole rings is 1. The van der Waals surface area contributed by atoms with E-state index in [1.165, 1.54) is 10.5 Å². The second-order valence-electron chi connectivity index (χ2n) is 5.42. The number of hydrogen-bond donors (Lipinski definition) is 1. The molecule has 22 heavy (non-hydrogen) atoms. The number of carboxylic acid groups (broad SMARTS) is 1. The van der Waals surface area contributed by atoms with Gasteiger partial charge >= 0.3 is 0 Å². The third kappa shape index (κ3) is 2.84. The molecule has 0 radical (unpaired) electrons. The molecule has 0 aliphatic carbocycles. The molecule has 0 bridgehead atoms. The molecule has 5 nitrogen and oxygen atoms in total. The van der Waals surface area contributed by atoms with Gasteiger partial charge in [0.1, 0.15) is 30.1 Å². The second kappa shape index (κ2) is 5.99. The van der Waals surface area contributed by atoms with Gasteiger partial charge in [0.15, 0.2) is 0 Å². The number of carbonyl (C=O) groups excluding carboxylic acids is 1. The van der Waals surface area contributed by atoms with Gasteiger partial charge in [0.2, 0.25) is 0 Å². The summed E-state index contributed by atoms with van der Waals surface area (Å²) in [5.41, 5.74) is 2.54. The first kappa shape index (κ1) is 14.3. The summed E-state index contributed by atoms with van der Waals surface area (Å²) in [7, 11) is 2.04. The Balaban J connectivity index is 1.89. The number of nitrogens with zero attached hydrogens (tertiary/aromatic N) is 2. The largest absolute Gasteiger partial charge is 0.543 e. The Morgan fingerprint density at radius 2 is 1.86 bits per heavy atom. The van der Waals surface area contributed by atoms with Gasteiger partial charge in [0, 0.05) is 11.8 Å². The molecule has 3 rings (SSSR count). The molecule has 0 spiro atoms. The lowest BCUT2D eigenvalue weighted by atomic mass is 10.2. The highest BCUT2D eigenvalue weighted by Crippen LogP contribution is 2.11. The maximum Gasteiger partial charge on any atom is 0.137 e. The number of nitrogens with one attached hydrogen (secondary N) is 1. The molecule has 0 amide bonds. The molecule has 1 atom stereocenters. The van der Waals surface area contributed by atoms with Crippen LogP contribution in [0.4, 0.5) is 0 Å². The lowest BCUT2D eigenvalue weighted by Gasteiger charge is -2.15. The van der Waals surface area contributed by atoms with E-state index in [0.717, 1.165) is 6.54 Å². The molecule has 5 heteroatoms. The number of pyridine rings is 1.